The van der Waals surface area contributed by atoms with Crippen LogP contribution in [0.1, 0.15) is 18.4 Å². The molecule has 0 radical (unpaired) electrons. The number of benzene rings is 2. The molecule has 0 aliphatic carbocycles. The van der Waals surface area contributed by atoms with Crippen LogP contribution in [0.3, 0.4) is 0 Å². The summed E-state index contributed by atoms with van der Waals surface area (Å²) < 4.78 is 28.9. The van der Waals surface area contributed by atoms with Crippen LogP contribution in [0.4, 0.5) is 5.69 Å². The van der Waals surface area contributed by atoms with Crippen LogP contribution in [-0.2, 0) is 16.6 Å². The number of nitrogens with zero attached hydrogens (tertiary/aromatic N) is 2. The van der Waals surface area contributed by atoms with Gasteiger partial charge in [-0.15, -0.1) is 0 Å². The van der Waals surface area contributed by atoms with Crippen LogP contribution >= 0.6 is 0 Å². The van der Waals surface area contributed by atoms with Crippen LogP contribution in [0.25, 0.3) is 10.8 Å². The predicted octanol–water partition coefficient (Wildman–Crippen LogP) is 2.97. The first kappa shape index (κ1) is 20.6. The Morgan fingerprint density at radius 2 is 2.07 bits per heavy atom. The molecule has 1 saturated heterocycles. The Morgan fingerprint density at radius 1 is 1.20 bits per heavy atom. The molecule has 1 fully saturated rings. The predicted molar refractivity (Wildman–Crippen MR) is 118 cm³/mol. The minimum atomic E-state index is -3.75. The zero-order chi connectivity index (χ0) is 21.1. The van der Waals surface area contributed by atoms with E-state index < -0.39 is 10.0 Å². The van der Waals surface area contributed by atoms with E-state index >= 15 is 0 Å². The number of fused-ring (bicyclic) bond motifs is 1. The number of anilines is 1. The molecule has 0 bridgehead atoms. The standard InChI is InChI=1S/C22H26N4O3S/c1-29-22-7-6-21(30(23,27)28)12-18(22)14-26-10-2-3-20(15-26)25-19-5-4-17-13-24-9-8-16(17)11-19/h4-9,11-13,20,25H,2-3,10,14-15H2,1H3,(H2,23,27,28)/t20-/m1/s1. The third kappa shape index (κ3) is 4.72. The lowest BCUT2D eigenvalue weighted by Gasteiger charge is -2.34. The zero-order valence-electron chi connectivity index (χ0n) is 16.9. The molecule has 3 N–H and O–H groups in total. The maximum Gasteiger partial charge on any atom is 0.238 e. The molecule has 0 unspecified atom stereocenters. The second kappa shape index (κ2) is 8.59. The fourth-order valence-electron chi connectivity index (χ4n) is 4.02. The molecule has 158 valence electrons. The van der Waals surface area contributed by atoms with E-state index in [1.807, 2.05) is 12.3 Å². The Balaban J connectivity index is 1.47. The Hall–Kier alpha value is -2.68. The summed E-state index contributed by atoms with van der Waals surface area (Å²) in [5.41, 5.74) is 1.91. The largest absolute Gasteiger partial charge is 0.496 e. The van der Waals surface area contributed by atoms with Gasteiger partial charge in [-0.3, -0.25) is 9.88 Å². The highest BCUT2D eigenvalue weighted by atomic mass is 32.2. The minimum Gasteiger partial charge on any atom is -0.496 e. The van der Waals surface area contributed by atoms with E-state index in [0.29, 0.717) is 18.3 Å². The van der Waals surface area contributed by atoms with Crippen molar-refractivity contribution in [2.75, 3.05) is 25.5 Å². The van der Waals surface area contributed by atoms with E-state index in [1.165, 1.54) is 6.07 Å². The number of primary sulfonamides is 1. The van der Waals surface area contributed by atoms with Gasteiger partial charge < -0.3 is 10.1 Å². The van der Waals surface area contributed by atoms with E-state index in [1.54, 1.807) is 25.4 Å². The van der Waals surface area contributed by atoms with Crippen molar-refractivity contribution in [2.24, 2.45) is 5.14 Å². The first-order valence-electron chi connectivity index (χ1n) is 9.95. The third-order valence-corrected chi connectivity index (χ3v) is 6.40. The SMILES string of the molecule is COc1ccc(S(N)(=O)=O)cc1CN1CCC[C@@H](Nc2ccc3cnccc3c2)C1. The molecule has 4 rings (SSSR count). The molecule has 3 aromatic rings. The maximum absolute atomic E-state index is 11.7. The summed E-state index contributed by atoms with van der Waals surface area (Å²) in [6.07, 6.45) is 5.81. The molecule has 2 aromatic carbocycles. The van der Waals surface area contributed by atoms with Crippen LogP contribution in [0.15, 0.2) is 59.8 Å². The highest BCUT2D eigenvalue weighted by molar-refractivity contribution is 7.89. The quantitative estimate of drug-likeness (QED) is 0.629. The van der Waals surface area contributed by atoms with Gasteiger partial charge in [-0.05, 0) is 61.2 Å². The van der Waals surface area contributed by atoms with Crippen LogP contribution in [-0.4, -0.2) is 44.5 Å². The fraction of sp³-hybridized carbons (Fsp3) is 0.318. The Morgan fingerprint density at radius 3 is 2.87 bits per heavy atom. The summed E-state index contributed by atoms with van der Waals surface area (Å²) in [5.74, 6) is 0.667. The van der Waals surface area contributed by atoms with Gasteiger partial charge >= 0.3 is 0 Å². The van der Waals surface area contributed by atoms with Gasteiger partial charge in [-0.2, -0.15) is 0 Å². The number of aromatic nitrogens is 1. The number of ether oxygens (including phenoxy) is 1. The highest BCUT2D eigenvalue weighted by Gasteiger charge is 2.22. The molecule has 0 amide bonds. The number of piperidine rings is 1. The van der Waals surface area contributed by atoms with Crippen LogP contribution < -0.4 is 15.2 Å². The smallest absolute Gasteiger partial charge is 0.238 e. The van der Waals surface area contributed by atoms with Gasteiger partial charge in [0.05, 0.1) is 12.0 Å². The summed E-state index contributed by atoms with van der Waals surface area (Å²) in [4.78, 5) is 6.58. The molecule has 30 heavy (non-hydrogen) atoms. The number of hydrogen-bond acceptors (Lipinski definition) is 6. The Kier molecular flexibility index (Phi) is 5.90. The summed E-state index contributed by atoms with van der Waals surface area (Å²) in [7, 11) is -2.16. The lowest BCUT2D eigenvalue weighted by Crippen LogP contribution is -2.41. The van der Waals surface area contributed by atoms with Gasteiger partial charge in [0, 0.05) is 48.2 Å². The van der Waals surface area contributed by atoms with E-state index in [2.05, 4.69) is 33.4 Å². The summed E-state index contributed by atoms with van der Waals surface area (Å²) in [6, 6.07) is 13.4. The van der Waals surface area contributed by atoms with Crippen molar-refractivity contribution in [3.63, 3.8) is 0 Å². The molecule has 1 aliphatic heterocycles. The number of sulfonamides is 1. The van der Waals surface area contributed by atoms with Gasteiger partial charge in [-0.25, -0.2) is 13.6 Å². The van der Waals surface area contributed by atoms with Gasteiger partial charge in [0.2, 0.25) is 10.0 Å². The molecular formula is C22H26N4O3S. The summed E-state index contributed by atoms with van der Waals surface area (Å²) in [5, 5.41) is 11.2. The van der Waals surface area contributed by atoms with Crippen molar-refractivity contribution in [1.82, 2.24) is 9.88 Å². The van der Waals surface area contributed by atoms with E-state index in [4.69, 9.17) is 9.88 Å². The summed E-state index contributed by atoms with van der Waals surface area (Å²) >= 11 is 0. The van der Waals surface area contributed by atoms with E-state index in [-0.39, 0.29) is 4.90 Å². The summed E-state index contributed by atoms with van der Waals surface area (Å²) in [6.45, 7) is 2.41. The van der Waals surface area contributed by atoms with Crippen molar-refractivity contribution >= 4 is 26.5 Å². The van der Waals surface area contributed by atoms with Gasteiger partial charge in [0.1, 0.15) is 5.75 Å². The van der Waals surface area contributed by atoms with Crippen molar-refractivity contribution in [3.05, 3.63) is 60.4 Å². The number of likely N-dealkylation sites (tertiary alicyclic amines) is 1. The third-order valence-electron chi connectivity index (χ3n) is 5.49. The topological polar surface area (TPSA) is 97.5 Å². The molecule has 1 aromatic heterocycles. The molecule has 2 heterocycles. The number of nitrogens with two attached hydrogens (primary N) is 1. The second-order valence-electron chi connectivity index (χ2n) is 7.67. The van der Waals surface area contributed by atoms with E-state index in [0.717, 1.165) is 48.0 Å². The first-order valence-corrected chi connectivity index (χ1v) is 11.5. The lowest BCUT2D eigenvalue weighted by atomic mass is 10.0. The molecule has 1 aliphatic rings. The Labute approximate surface area is 176 Å². The Bertz CT molecular complexity index is 1150. The number of methoxy groups -OCH3 is 1. The molecule has 7 nitrogen and oxygen atoms in total. The molecule has 0 spiro atoms. The van der Waals surface area contributed by atoms with E-state index in [9.17, 15) is 8.42 Å². The minimum absolute atomic E-state index is 0.107. The van der Waals surface area contributed by atoms with Crippen LogP contribution in [0.2, 0.25) is 0 Å². The molecule has 1 atom stereocenters. The lowest BCUT2D eigenvalue weighted by molar-refractivity contribution is 0.206. The number of nitrogens with one attached hydrogen (secondary N) is 1. The second-order valence-corrected chi connectivity index (χ2v) is 9.24. The molecular weight excluding hydrogens is 400 g/mol. The zero-order valence-corrected chi connectivity index (χ0v) is 17.7. The molecule has 8 heteroatoms. The van der Waals surface area contributed by atoms with Crippen molar-refractivity contribution < 1.29 is 13.2 Å². The van der Waals surface area contributed by atoms with Crippen LogP contribution in [0, 0.1) is 0 Å². The van der Waals surface area contributed by atoms with Crippen molar-refractivity contribution in [1.29, 1.82) is 0 Å². The normalized spacial score (nSPS) is 17.7. The number of hydrogen-bond donors (Lipinski definition) is 2. The first-order chi connectivity index (χ1) is 14.4. The monoisotopic (exact) mass is 426 g/mol. The number of rotatable bonds is 6. The van der Waals surface area contributed by atoms with Crippen LogP contribution in [0.5, 0.6) is 5.75 Å². The highest BCUT2D eigenvalue weighted by Crippen LogP contribution is 2.26. The van der Waals surface area contributed by atoms with Gasteiger partial charge in [0.15, 0.2) is 0 Å². The average Bonchev–Trinajstić information content (AvgIpc) is 2.73. The average molecular weight is 427 g/mol. The van der Waals surface area contributed by atoms with Crippen molar-refractivity contribution in [3.8, 4) is 5.75 Å². The van der Waals surface area contributed by atoms with Gasteiger partial charge in [0.25, 0.3) is 0 Å². The van der Waals surface area contributed by atoms with Crippen molar-refractivity contribution in [2.45, 2.75) is 30.3 Å². The fourth-order valence-corrected chi connectivity index (χ4v) is 4.59. The maximum atomic E-state index is 11.7. The number of pyridine rings is 1. The van der Waals surface area contributed by atoms with Gasteiger partial charge in [-0.1, -0.05) is 6.07 Å². The molecule has 0 saturated carbocycles.